The summed E-state index contributed by atoms with van der Waals surface area (Å²) in [5.41, 5.74) is -0.740. The number of nitrogens with zero attached hydrogens (tertiary/aromatic N) is 3. The number of carbonyl (C=O) groups excluding carboxylic acids is 2. The van der Waals surface area contributed by atoms with E-state index in [-0.39, 0.29) is 17.2 Å². The van der Waals surface area contributed by atoms with Gasteiger partial charge in [0.25, 0.3) is 5.91 Å². The van der Waals surface area contributed by atoms with Crippen molar-refractivity contribution in [3.8, 4) is 12.3 Å². The van der Waals surface area contributed by atoms with E-state index < -0.39 is 23.2 Å². The first-order valence-corrected chi connectivity index (χ1v) is 7.54. The highest BCUT2D eigenvalue weighted by Crippen LogP contribution is 2.49. The van der Waals surface area contributed by atoms with Crippen molar-refractivity contribution in [2.24, 2.45) is 11.3 Å². The number of nitrogens with two attached hydrogens (primary N) is 1. The largest absolute Gasteiger partial charge is 0.463 e. The van der Waals surface area contributed by atoms with E-state index in [0.29, 0.717) is 30.8 Å². The maximum absolute atomic E-state index is 12.4. The summed E-state index contributed by atoms with van der Waals surface area (Å²) in [6, 6.07) is 1.99. The van der Waals surface area contributed by atoms with Crippen LogP contribution in [0.3, 0.4) is 0 Å². The van der Waals surface area contributed by atoms with Crippen LogP contribution in [0.25, 0.3) is 0 Å². The molecule has 2 N–H and O–H groups in total. The third kappa shape index (κ3) is 2.35. The Bertz CT molecular complexity index is 611. The predicted molar refractivity (Wildman–Crippen MR) is 77.5 cm³/mol. The second-order valence-electron chi connectivity index (χ2n) is 5.28. The maximum Gasteiger partial charge on any atom is 0.337 e. The second-order valence-corrected chi connectivity index (χ2v) is 5.70. The van der Waals surface area contributed by atoms with Gasteiger partial charge in [-0.15, -0.1) is 12.6 Å². The molecule has 0 radical (unpaired) electrons. The molecule has 22 heavy (non-hydrogen) atoms. The Morgan fingerprint density at radius 3 is 2.64 bits per heavy atom. The van der Waals surface area contributed by atoms with Gasteiger partial charge in [0.1, 0.15) is 10.9 Å². The third-order valence-corrected chi connectivity index (χ3v) is 4.67. The van der Waals surface area contributed by atoms with Gasteiger partial charge in [0.05, 0.1) is 31.3 Å². The minimum atomic E-state index is -1.07. The summed E-state index contributed by atoms with van der Waals surface area (Å²) in [4.78, 5) is 25.6. The molecule has 1 saturated heterocycles. The number of amides is 1. The van der Waals surface area contributed by atoms with Crippen LogP contribution in [0.15, 0.2) is 10.6 Å². The van der Waals surface area contributed by atoms with Crippen LogP contribution < -0.4 is 5.32 Å². The fourth-order valence-corrected chi connectivity index (χ4v) is 3.71. The first-order valence-electron chi connectivity index (χ1n) is 7.09. The van der Waals surface area contributed by atoms with Gasteiger partial charge >= 0.3 is 5.97 Å². The molecular formula is C14H17N4O3S+. The quantitative estimate of drug-likeness (QED) is 0.404. The van der Waals surface area contributed by atoms with E-state index in [0.717, 1.165) is 0 Å². The summed E-state index contributed by atoms with van der Waals surface area (Å²) in [7, 11) is 0. The standard InChI is InChI=1S/C14H16N4O3S/c1-2-21-13(20)10-12(22)18(8-16)11(19)9(7-15)14(10)3-5-17-6-4-14/h9,17,22H,2-6H2,1H3/p+1/t9-/m0/s1. The Kier molecular flexibility index (Phi) is 4.74. The van der Waals surface area contributed by atoms with Crippen LogP contribution in [-0.2, 0) is 14.3 Å². The molecule has 0 saturated carbocycles. The van der Waals surface area contributed by atoms with Gasteiger partial charge in [-0.25, -0.2) is 9.69 Å². The smallest absolute Gasteiger partial charge is 0.337 e. The van der Waals surface area contributed by atoms with E-state index in [2.05, 4.69) is 17.9 Å². The molecule has 0 aromatic rings. The molecule has 0 bridgehead atoms. The van der Waals surface area contributed by atoms with Gasteiger partial charge < -0.3 is 10.1 Å². The number of quaternary nitrogens is 1. The molecule has 0 unspecified atom stereocenters. The van der Waals surface area contributed by atoms with E-state index in [1.165, 1.54) is 0 Å². The topological polar surface area (TPSA) is 111 Å². The van der Waals surface area contributed by atoms with E-state index in [1.54, 1.807) is 13.1 Å². The molecule has 8 heteroatoms. The maximum atomic E-state index is 12.4. The first kappa shape index (κ1) is 16.3. The number of hydrogen-bond donors (Lipinski definition) is 2. The molecule has 0 aliphatic carbocycles. The SMILES string of the molecule is CCOC(=O)C1=C(S)N(C#N)C(=O)[C@H](C#N)C12CC[NH2+]CC2. The van der Waals surface area contributed by atoms with Crippen molar-refractivity contribution < 1.29 is 19.6 Å². The Morgan fingerprint density at radius 2 is 2.14 bits per heavy atom. The first-order chi connectivity index (χ1) is 10.5. The van der Waals surface area contributed by atoms with Crippen molar-refractivity contribution >= 4 is 24.5 Å². The molecule has 2 heterocycles. The lowest BCUT2D eigenvalue weighted by atomic mass is 9.63. The highest BCUT2D eigenvalue weighted by atomic mass is 32.1. The van der Waals surface area contributed by atoms with Crippen LogP contribution in [0.5, 0.6) is 0 Å². The fraction of sp³-hybridized carbons (Fsp3) is 0.571. The summed E-state index contributed by atoms with van der Waals surface area (Å²) in [6.07, 6.45) is 2.69. The van der Waals surface area contributed by atoms with Gasteiger partial charge in [0.2, 0.25) is 0 Å². The third-order valence-electron chi connectivity index (χ3n) is 4.25. The van der Waals surface area contributed by atoms with E-state index in [9.17, 15) is 14.9 Å². The summed E-state index contributed by atoms with van der Waals surface area (Å²) < 4.78 is 5.09. The van der Waals surface area contributed by atoms with Crippen LogP contribution in [0.4, 0.5) is 0 Å². The number of ether oxygens (including phenoxy) is 1. The lowest BCUT2D eigenvalue weighted by molar-refractivity contribution is -0.667. The molecule has 116 valence electrons. The number of thiol groups is 1. The molecular weight excluding hydrogens is 304 g/mol. The molecule has 7 nitrogen and oxygen atoms in total. The zero-order valence-electron chi connectivity index (χ0n) is 12.2. The molecule has 2 aliphatic rings. The monoisotopic (exact) mass is 321 g/mol. The number of piperidine rings is 1. The Hall–Kier alpha value is -2.03. The molecule has 0 aromatic carbocycles. The number of esters is 1. The van der Waals surface area contributed by atoms with Gasteiger partial charge in [-0.1, -0.05) is 0 Å². The summed E-state index contributed by atoms with van der Waals surface area (Å²) in [6.45, 7) is 3.24. The minimum Gasteiger partial charge on any atom is -0.463 e. The Labute approximate surface area is 133 Å². The number of hydrogen-bond acceptors (Lipinski definition) is 6. The molecule has 1 fully saturated rings. The van der Waals surface area contributed by atoms with Gasteiger partial charge in [-0.3, -0.25) is 4.79 Å². The fourth-order valence-electron chi connectivity index (χ4n) is 3.25. The average molecular weight is 321 g/mol. The lowest BCUT2D eigenvalue weighted by Gasteiger charge is -2.44. The predicted octanol–water partition coefficient (Wildman–Crippen LogP) is -0.502. The van der Waals surface area contributed by atoms with Crippen molar-refractivity contribution in [3.63, 3.8) is 0 Å². The van der Waals surface area contributed by atoms with Crippen molar-refractivity contribution in [3.05, 3.63) is 10.6 Å². The minimum absolute atomic E-state index is 0.0145. The summed E-state index contributed by atoms with van der Waals surface area (Å²) in [5, 5.41) is 20.7. The van der Waals surface area contributed by atoms with Crippen LogP contribution in [0, 0.1) is 34.1 Å². The molecule has 1 spiro atoms. The van der Waals surface area contributed by atoms with Crippen LogP contribution in [-0.4, -0.2) is 36.5 Å². The van der Waals surface area contributed by atoms with Gasteiger partial charge in [0.15, 0.2) is 6.19 Å². The Balaban J connectivity index is 2.66. The second kappa shape index (κ2) is 6.39. The molecule has 1 amide bonds. The van der Waals surface area contributed by atoms with Crippen LogP contribution >= 0.6 is 12.6 Å². The average Bonchev–Trinajstić information content (AvgIpc) is 2.49. The lowest BCUT2D eigenvalue weighted by Crippen LogP contribution is -2.87. The normalized spacial score (nSPS) is 23.9. The van der Waals surface area contributed by atoms with E-state index in [4.69, 9.17) is 10.00 Å². The van der Waals surface area contributed by atoms with Crippen molar-refractivity contribution in [2.45, 2.75) is 19.8 Å². The molecule has 0 aromatic heterocycles. The van der Waals surface area contributed by atoms with Crippen molar-refractivity contribution in [1.82, 2.24) is 4.90 Å². The van der Waals surface area contributed by atoms with Gasteiger partial charge in [0, 0.05) is 18.3 Å². The summed E-state index contributed by atoms with van der Waals surface area (Å²) >= 11 is 4.23. The van der Waals surface area contributed by atoms with Crippen molar-refractivity contribution in [2.75, 3.05) is 19.7 Å². The molecule has 1 atom stereocenters. The zero-order chi connectivity index (χ0) is 16.3. The van der Waals surface area contributed by atoms with Crippen LogP contribution in [0.2, 0.25) is 0 Å². The molecule has 2 rings (SSSR count). The number of rotatable bonds is 2. The van der Waals surface area contributed by atoms with E-state index >= 15 is 0 Å². The number of carbonyl (C=O) groups is 2. The molecule has 2 aliphatic heterocycles. The summed E-state index contributed by atoms with van der Waals surface area (Å²) in [5.74, 6) is -2.30. The zero-order valence-corrected chi connectivity index (χ0v) is 13.1. The van der Waals surface area contributed by atoms with E-state index in [1.807, 2.05) is 6.07 Å². The number of nitriles is 2. The Morgan fingerprint density at radius 1 is 1.50 bits per heavy atom. The highest BCUT2D eigenvalue weighted by Gasteiger charge is 2.56. The van der Waals surface area contributed by atoms with Crippen molar-refractivity contribution in [1.29, 1.82) is 10.5 Å². The highest BCUT2D eigenvalue weighted by molar-refractivity contribution is 7.84. The van der Waals surface area contributed by atoms with Gasteiger partial charge in [-0.05, 0) is 6.92 Å². The van der Waals surface area contributed by atoms with Crippen LogP contribution in [0.1, 0.15) is 19.8 Å². The van der Waals surface area contributed by atoms with Gasteiger partial charge in [-0.2, -0.15) is 10.5 Å².